The van der Waals surface area contributed by atoms with E-state index < -0.39 is 0 Å². The van der Waals surface area contributed by atoms with Gasteiger partial charge in [0, 0.05) is 0 Å². The first kappa shape index (κ1) is 17.5. The fraction of sp³-hybridized carbons (Fsp3) is 0.348. The number of carbonyl (C=O) groups is 1. The predicted molar refractivity (Wildman–Crippen MR) is 102 cm³/mol. The Hall–Kier alpha value is -2.35. The number of ether oxygens (including phenoxy) is 1. The Labute approximate surface area is 150 Å². The van der Waals surface area contributed by atoms with E-state index in [0.717, 1.165) is 11.1 Å². The van der Waals surface area contributed by atoms with E-state index in [4.69, 9.17) is 4.74 Å². The Balaban J connectivity index is 1.65. The second-order valence-corrected chi connectivity index (χ2v) is 7.74. The van der Waals surface area contributed by atoms with Gasteiger partial charge in [-0.3, -0.25) is 4.79 Å². The fourth-order valence-corrected chi connectivity index (χ4v) is 3.51. The van der Waals surface area contributed by atoms with Gasteiger partial charge in [-0.05, 0) is 47.9 Å². The molecular weight excluding hydrogens is 308 g/mol. The molecule has 0 radical (unpaired) electrons. The number of carbonyl (C=O) groups excluding carboxylic acids is 1. The monoisotopic (exact) mass is 334 g/mol. The first-order valence-corrected chi connectivity index (χ1v) is 8.85. The summed E-state index contributed by atoms with van der Waals surface area (Å²) in [6.45, 7) is 8.75. The SMILES string of the molecule is CC(C)=CC1C(C(=O)OCc2cccc(-c3ccccc3)c2)C1(C)C. The standard InChI is InChI=1S/C23H26O2/c1-16(2)13-20-21(23(20,3)4)22(24)25-15-17-9-8-12-19(14-17)18-10-6-5-7-11-18/h5-14,20-21H,15H2,1-4H3. The summed E-state index contributed by atoms with van der Waals surface area (Å²) in [5.41, 5.74) is 4.59. The number of hydrogen-bond donors (Lipinski definition) is 0. The molecule has 1 saturated carbocycles. The Morgan fingerprint density at radius 1 is 1.04 bits per heavy atom. The molecule has 0 amide bonds. The second kappa shape index (κ2) is 6.87. The first-order chi connectivity index (χ1) is 11.9. The van der Waals surface area contributed by atoms with Crippen molar-refractivity contribution in [2.24, 2.45) is 17.3 Å². The fourth-order valence-electron chi connectivity index (χ4n) is 3.51. The van der Waals surface area contributed by atoms with Crippen molar-refractivity contribution >= 4 is 5.97 Å². The summed E-state index contributed by atoms with van der Waals surface area (Å²) in [5, 5.41) is 0. The number of esters is 1. The molecule has 2 aromatic carbocycles. The maximum Gasteiger partial charge on any atom is 0.310 e. The van der Waals surface area contributed by atoms with Crippen LogP contribution < -0.4 is 0 Å². The maximum absolute atomic E-state index is 12.5. The van der Waals surface area contributed by atoms with Crippen LogP contribution in [0.5, 0.6) is 0 Å². The summed E-state index contributed by atoms with van der Waals surface area (Å²) < 4.78 is 5.62. The molecule has 0 aromatic heterocycles. The van der Waals surface area contributed by atoms with Crippen LogP contribution in [0.1, 0.15) is 33.3 Å². The van der Waals surface area contributed by atoms with Crippen LogP contribution in [-0.2, 0) is 16.1 Å². The van der Waals surface area contributed by atoms with Crippen LogP contribution in [0.2, 0.25) is 0 Å². The van der Waals surface area contributed by atoms with Crippen molar-refractivity contribution in [3.8, 4) is 11.1 Å². The minimum Gasteiger partial charge on any atom is -0.461 e. The minimum absolute atomic E-state index is 0.000238. The molecule has 2 heteroatoms. The summed E-state index contributed by atoms with van der Waals surface area (Å²) in [5.74, 6) is 0.179. The lowest BCUT2D eigenvalue weighted by atomic mass is 10.0. The van der Waals surface area contributed by atoms with Crippen molar-refractivity contribution in [2.45, 2.75) is 34.3 Å². The molecule has 0 aliphatic heterocycles. The molecule has 25 heavy (non-hydrogen) atoms. The molecule has 0 N–H and O–H groups in total. The summed E-state index contributed by atoms with van der Waals surface area (Å²) in [7, 11) is 0. The van der Waals surface area contributed by atoms with Crippen molar-refractivity contribution in [3.63, 3.8) is 0 Å². The summed E-state index contributed by atoms with van der Waals surface area (Å²) >= 11 is 0. The van der Waals surface area contributed by atoms with E-state index in [0.29, 0.717) is 12.5 Å². The quantitative estimate of drug-likeness (QED) is 0.523. The van der Waals surface area contributed by atoms with Crippen molar-refractivity contribution in [3.05, 3.63) is 71.8 Å². The van der Waals surface area contributed by atoms with Crippen LogP contribution in [0, 0.1) is 17.3 Å². The molecule has 1 aliphatic rings. The molecule has 130 valence electrons. The van der Waals surface area contributed by atoms with Crippen LogP contribution in [-0.4, -0.2) is 5.97 Å². The Bertz CT molecular complexity index is 783. The molecule has 2 atom stereocenters. The van der Waals surface area contributed by atoms with E-state index in [-0.39, 0.29) is 17.3 Å². The number of rotatable bonds is 5. The van der Waals surface area contributed by atoms with E-state index in [1.807, 2.05) is 30.3 Å². The van der Waals surface area contributed by atoms with Gasteiger partial charge in [0.1, 0.15) is 6.61 Å². The van der Waals surface area contributed by atoms with Gasteiger partial charge < -0.3 is 4.74 Å². The van der Waals surface area contributed by atoms with Gasteiger partial charge in [-0.2, -0.15) is 0 Å². The Kier molecular flexibility index (Phi) is 4.80. The highest BCUT2D eigenvalue weighted by atomic mass is 16.5. The molecule has 0 saturated heterocycles. The normalized spacial score (nSPS) is 20.6. The second-order valence-electron chi connectivity index (χ2n) is 7.74. The molecular formula is C23H26O2. The van der Waals surface area contributed by atoms with Gasteiger partial charge in [0.25, 0.3) is 0 Å². The summed E-state index contributed by atoms with van der Waals surface area (Å²) in [6.07, 6.45) is 2.20. The van der Waals surface area contributed by atoms with E-state index in [2.05, 4.69) is 58.0 Å². The van der Waals surface area contributed by atoms with Crippen LogP contribution >= 0.6 is 0 Å². The Morgan fingerprint density at radius 2 is 1.72 bits per heavy atom. The van der Waals surface area contributed by atoms with Crippen molar-refractivity contribution in [2.75, 3.05) is 0 Å². The highest BCUT2D eigenvalue weighted by molar-refractivity contribution is 5.78. The van der Waals surface area contributed by atoms with Crippen LogP contribution in [0.3, 0.4) is 0 Å². The zero-order chi connectivity index (χ0) is 18.0. The average molecular weight is 334 g/mol. The summed E-state index contributed by atoms with van der Waals surface area (Å²) in [4.78, 5) is 12.5. The van der Waals surface area contributed by atoms with Crippen molar-refractivity contribution in [1.82, 2.24) is 0 Å². The third-order valence-electron chi connectivity index (χ3n) is 5.09. The molecule has 1 aliphatic carbocycles. The average Bonchev–Trinajstić information content (AvgIpc) is 3.13. The summed E-state index contributed by atoms with van der Waals surface area (Å²) in [6, 6.07) is 18.4. The lowest BCUT2D eigenvalue weighted by Gasteiger charge is -2.08. The van der Waals surface area contributed by atoms with E-state index in [1.54, 1.807) is 0 Å². The molecule has 0 bridgehead atoms. The van der Waals surface area contributed by atoms with Crippen LogP contribution in [0.25, 0.3) is 11.1 Å². The topological polar surface area (TPSA) is 26.3 Å². The van der Waals surface area contributed by atoms with Gasteiger partial charge in [0.15, 0.2) is 0 Å². The highest BCUT2D eigenvalue weighted by Crippen LogP contribution is 2.59. The molecule has 0 spiro atoms. The Morgan fingerprint density at radius 3 is 2.40 bits per heavy atom. The number of benzene rings is 2. The van der Waals surface area contributed by atoms with Crippen molar-refractivity contribution < 1.29 is 9.53 Å². The van der Waals surface area contributed by atoms with Gasteiger partial charge in [0.2, 0.25) is 0 Å². The molecule has 0 heterocycles. The largest absolute Gasteiger partial charge is 0.461 e. The first-order valence-electron chi connectivity index (χ1n) is 8.85. The zero-order valence-corrected chi connectivity index (χ0v) is 15.5. The lowest BCUT2D eigenvalue weighted by molar-refractivity contribution is -0.147. The van der Waals surface area contributed by atoms with E-state index in [1.165, 1.54) is 11.1 Å². The van der Waals surface area contributed by atoms with Gasteiger partial charge in [0.05, 0.1) is 5.92 Å². The lowest BCUT2D eigenvalue weighted by Crippen LogP contribution is -2.10. The van der Waals surface area contributed by atoms with Crippen LogP contribution in [0.15, 0.2) is 66.2 Å². The van der Waals surface area contributed by atoms with Crippen LogP contribution in [0.4, 0.5) is 0 Å². The predicted octanol–water partition coefficient (Wildman–Crippen LogP) is 5.64. The maximum atomic E-state index is 12.5. The zero-order valence-electron chi connectivity index (χ0n) is 15.5. The molecule has 2 aromatic rings. The molecule has 3 rings (SSSR count). The van der Waals surface area contributed by atoms with Gasteiger partial charge in [-0.15, -0.1) is 0 Å². The molecule has 2 unspecified atom stereocenters. The molecule has 1 fully saturated rings. The van der Waals surface area contributed by atoms with Gasteiger partial charge >= 0.3 is 5.97 Å². The van der Waals surface area contributed by atoms with E-state index in [9.17, 15) is 4.79 Å². The third-order valence-corrected chi connectivity index (χ3v) is 5.09. The number of hydrogen-bond acceptors (Lipinski definition) is 2. The molecule has 2 nitrogen and oxygen atoms in total. The number of allylic oxidation sites excluding steroid dienone is 2. The minimum atomic E-state index is -0.0855. The van der Waals surface area contributed by atoms with Gasteiger partial charge in [-0.25, -0.2) is 0 Å². The smallest absolute Gasteiger partial charge is 0.310 e. The van der Waals surface area contributed by atoms with Crippen molar-refractivity contribution in [1.29, 1.82) is 0 Å². The van der Waals surface area contributed by atoms with E-state index >= 15 is 0 Å². The third kappa shape index (κ3) is 3.84. The highest BCUT2D eigenvalue weighted by Gasteiger charge is 2.61. The van der Waals surface area contributed by atoms with Gasteiger partial charge in [-0.1, -0.05) is 74.0 Å².